The third kappa shape index (κ3) is 3.93. The van der Waals surface area contributed by atoms with Gasteiger partial charge in [-0.2, -0.15) is 0 Å². The first-order valence-corrected chi connectivity index (χ1v) is 8.23. The number of hydrogen-bond donors (Lipinski definition) is 1. The van der Waals surface area contributed by atoms with Gasteiger partial charge in [0.15, 0.2) is 0 Å². The second-order valence-electron chi connectivity index (χ2n) is 5.72. The monoisotopic (exact) mass is 318 g/mol. The van der Waals surface area contributed by atoms with Crippen LogP contribution in [0.5, 0.6) is 0 Å². The van der Waals surface area contributed by atoms with Crippen molar-refractivity contribution < 1.29 is 9.90 Å². The highest BCUT2D eigenvalue weighted by Crippen LogP contribution is 2.27. The summed E-state index contributed by atoms with van der Waals surface area (Å²) in [4.78, 5) is 18.4. The Labute approximate surface area is 135 Å². The summed E-state index contributed by atoms with van der Waals surface area (Å²) in [6.45, 7) is 6.36. The number of aliphatic hydroxyl groups is 1. The molecular formula is C17H22N2O2S. The molecule has 5 heteroatoms. The third-order valence-electron chi connectivity index (χ3n) is 3.56. The number of aliphatic hydroxyl groups excluding tert-OH is 1. The molecular weight excluding hydrogens is 296 g/mol. The summed E-state index contributed by atoms with van der Waals surface area (Å²) in [7, 11) is 1.74. The SMILES string of the molecule is Cc1ccc(-c2nc(C(=O)N(C)CCC(C)O)cs2)c(C)c1. The van der Waals surface area contributed by atoms with Crippen LogP contribution in [-0.4, -0.2) is 40.6 Å². The van der Waals surface area contributed by atoms with Crippen molar-refractivity contribution in [2.24, 2.45) is 0 Å². The number of thiazole rings is 1. The zero-order valence-corrected chi connectivity index (χ0v) is 14.3. The van der Waals surface area contributed by atoms with Crippen LogP contribution in [0.2, 0.25) is 0 Å². The number of hydrogen-bond acceptors (Lipinski definition) is 4. The maximum Gasteiger partial charge on any atom is 0.273 e. The Morgan fingerprint density at radius 3 is 2.77 bits per heavy atom. The molecule has 1 aromatic heterocycles. The van der Waals surface area contributed by atoms with Gasteiger partial charge in [-0.1, -0.05) is 23.8 Å². The molecule has 0 bridgehead atoms. The lowest BCUT2D eigenvalue weighted by molar-refractivity contribution is 0.0764. The van der Waals surface area contributed by atoms with Crippen LogP contribution in [0.25, 0.3) is 10.6 Å². The zero-order valence-electron chi connectivity index (χ0n) is 13.5. The van der Waals surface area contributed by atoms with Crippen LogP contribution in [0.4, 0.5) is 0 Å². The van der Waals surface area contributed by atoms with Crippen LogP contribution >= 0.6 is 11.3 Å². The standard InChI is InChI=1S/C17H22N2O2S/c1-11-5-6-14(12(2)9-11)16-18-15(10-22-16)17(21)19(4)8-7-13(3)20/h5-6,9-10,13,20H,7-8H2,1-4H3. The molecule has 0 aliphatic heterocycles. The summed E-state index contributed by atoms with van der Waals surface area (Å²) < 4.78 is 0. The van der Waals surface area contributed by atoms with Crippen molar-refractivity contribution in [1.29, 1.82) is 0 Å². The Hall–Kier alpha value is -1.72. The smallest absolute Gasteiger partial charge is 0.273 e. The number of benzene rings is 1. The maximum absolute atomic E-state index is 12.3. The molecule has 1 amide bonds. The minimum atomic E-state index is -0.406. The second-order valence-corrected chi connectivity index (χ2v) is 6.58. The molecule has 0 aliphatic carbocycles. The first kappa shape index (κ1) is 16.6. The van der Waals surface area contributed by atoms with Crippen LogP contribution in [0.3, 0.4) is 0 Å². The molecule has 118 valence electrons. The highest BCUT2D eigenvalue weighted by Gasteiger charge is 2.17. The van der Waals surface area contributed by atoms with E-state index < -0.39 is 6.10 Å². The summed E-state index contributed by atoms with van der Waals surface area (Å²) in [6, 6.07) is 6.22. The number of aryl methyl sites for hydroxylation is 2. The average molecular weight is 318 g/mol. The topological polar surface area (TPSA) is 53.4 Å². The summed E-state index contributed by atoms with van der Waals surface area (Å²) >= 11 is 1.48. The van der Waals surface area contributed by atoms with Crippen molar-refractivity contribution in [2.75, 3.05) is 13.6 Å². The Bertz CT molecular complexity index is 664. The van der Waals surface area contributed by atoms with Gasteiger partial charge in [-0.15, -0.1) is 11.3 Å². The van der Waals surface area contributed by atoms with Gasteiger partial charge in [-0.3, -0.25) is 4.79 Å². The van der Waals surface area contributed by atoms with E-state index in [1.165, 1.54) is 16.9 Å². The van der Waals surface area contributed by atoms with Crippen molar-refractivity contribution in [3.63, 3.8) is 0 Å². The minimum Gasteiger partial charge on any atom is -0.393 e. The van der Waals surface area contributed by atoms with Crippen molar-refractivity contribution in [3.05, 3.63) is 40.4 Å². The van der Waals surface area contributed by atoms with E-state index in [1.54, 1.807) is 24.3 Å². The molecule has 1 N–H and O–H groups in total. The molecule has 1 unspecified atom stereocenters. The van der Waals surface area contributed by atoms with E-state index in [2.05, 4.69) is 37.0 Å². The first-order chi connectivity index (χ1) is 10.4. The lowest BCUT2D eigenvalue weighted by Crippen LogP contribution is -2.29. The molecule has 0 saturated carbocycles. The van der Waals surface area contributed by atoms with Gasteiger partial charge in [0.2, 0.25) is 0 Å². The van der Waals surface area contributed by atoms with E-state index in [1.807, 2.05) is 0 Å². The number of amides is 1. The highest BCUT2D eigenvalue weighted by molar-refractivity contribution is 7.13. The first-order valence-electron chi connectivity index (χ1n) is 7.35. The predicted octanol–water partition coefficient (Wildman–Crippen LogP) is 3.27. The molecule has 0 radical (unpaired) electrons. The quantitative estimate of drug-likeness (QED) is 0.920. The molecule has 0 saturated heterocycles. The molecule has 0 spiro atoms. The van der Waals surface area contributed by atoms with Gasteiger partial charge >= 0.3 is 0 Å². The normalized spacial score (nSPS) is 12.2. The Morgan fingerprint density at radius 2 is 2.14 bits per heavy atom. The lowest BCUT2D eigenvalue weighted by Gasteiger charge is -2.16. The zero-order chi connectivity index (χ0) is 16.3. The molecule has 4 nitrogen and oxygen atoms in total. The molecule has 2 rings (SSSR count). The fourth-order valence-electron chi connectivity index (χ4n) is 2.23. The third-order valence-corrected chi connectivity index (χ3v) is 4.44. The van der Waals surface area contributed by atoms with E-state index in [0.717, 1.165) is 16.1 Å². The molecule has 1 atom stereocenters. The summed E-state index contributed by atoms with van der Waals surface area (Å²) in [5, 5.41) is 12.0. The van der Waals surface area contributed by atoms with E-state index in [4.69, 9.17) is 0 Å². The van der Waals surface area contributed by atoms with Gasteiger partial charge in [0.1, 0.15) is 10.7 Å². The van der Waals surface area contributed by atoms with E-state index in [0.29, 0.717) is 18.7 Å². The fourth-order valence-corrected chi connectivity index (χ4v) is 3.11. The Balaban J connectivity index is 2.15. The Kier molecular flexibility index (Phi) is 5.32. The largest absolute Gasteiger partial charge is 0.393 e. The van der Waals surface area contributed by atoms with E-state index in [9.17, 15) is 9.90 Å². The predicted molar refractivity (Wildman–Crippen MR) is 90.3 cm³/mol. The number of nitrogens with zero attached hydrogens (tertiary/aromatic N) is 2. The van der Waals surface area contributed by atoms with Gasteiger partial charge in [0.25, 0.3) is 5.91 Å². The van der Waals surface area contributed by atoms with Gasteiger partial charge in [0.05, 0.1) is 6.10 Å². The molecule has 22 heavy (non-hydrogen) atoms. The van der Waals surface area contributed by atoms with E-state index >= 15 is 0 Å². The number of rotatable bonds is 5. The van der Waals surface area contributed by atoms with Gasteiger partial charge in [-0.05, 0) is 32.8 Å². The highest BCUT2D eigenvalue weighted by atomic mass is 32.1. The van der Waals surface area contributed by atoms with E-state index in [-0.39, 0.29) is 5.91 Å². The molecule has 1 heterocycles. The minimum absolute atomic E-state index is 0.104. The van der Waals surface area contributed by atoms with Gasteiger partial charge < -0.3 is 10.0 Å². The van der Waals surface area contributed by atoms with Gasteiger partial charge in [0, 0.05) is 24.5 Å². The molecule has 2 aromatic rings. The molecule has 0 aliphatic rings. The average Bonchev–Trinajstić information content (AvgIpc) is 2.93. The number of carbonyl (C=O) groups is 1. The lowest BCUT2D eigenvalue weighted by atomic mass is 10.1. The van der Waals surface area contributed by atoms with Crippen LogP contribution in [0.1, 0.15) is 35.0 Å². The number of aromatic nitrogens is 1. The van der Waals surface area contributed by atoms with Crippen molar-refractivity contribution in [2.45, 2.75) is 33.3 Å². The van der Waals surface area contributed by atoms with Crippen molar-refractivity contribution in [1.82, 2.24) is 9.88 Å². The summed E-state index contributed by atoms with van der Waals surface area (Å²) in [5.41, 5.74) is 3.91. The van der Waals surface area contributed by atoms with Crippen molar-refractivity contribution >= 4 is 17.2 Å². The maximum atomic E-state index is 12.3. The molecule has 1 aromatic carbocycles. The van der Waals surface area contributed by atoms with Crippen molar-refractivity contribution in [3.8, 4) is 10.6 Å². The van der Waals surface area contributed by atoms with Crippen LogP contribution in [0.15, 0.2) is 23.6 Å². The number of carbonyl (C=O) groups excluding carboxylic acids is 1. The van der Waals surface area contributed by atoms with Crippen LogP contribution < -0.4 is 0 Å². The fraction of sp³-hybridized carbons (Fsp3) is 0.412. The van der Waals surface area contributed by atoms with Crippen LogP contribution in [-0.2, 0) is 0 Å². The Morgan fingerprint density at radius 1 is 1.41 bits per heavy atom. The summed E-state index contributed by atoms with van der Waals surface area (Å²) in [6.07, 6.45) is 0.160. The molecule has 0 fully saturated rings. The summed E-state index contributed by atoms with van der Waals surface area (Å²) in [5.74, 6) is -0.104. The van der Waals surface area contributed by atoms with Crippen LogP contribution in [0, 0.1) is 13.8 Å². The second kappa shape index (κ2) is 7.03. The van der Waals surface area contributed by atoms with Gasteiger partial charge in [-0.25, -0.2) is 4.98 Å².